The zero-order chi connectivity index (χ0) is 14.5. The van der Waals surface area contributed by atoms with Gasteiger partial charge in [0.1, 0.15) is 0 Å². The molecular formula is C15H20BNO2S. The zero-order valence-electron chi connectivity index (χ0n) is 11.9. The standard InChI is InChI=1S/C15H20BNO2S/c1-12(10-15-4-3-9-20-15)17(2)11-13-5-7-14(8-6-13)16(18)19/h3-9,12,18-19H,10-11H2,1-2H3. The molecule has 0 spiro atoms. The van der Waals surface area contributed by atoms with Crippen LogP contribution in [0.4, 0.5) is 0 Å². The van der Waals surface area contributed by atoms with Crippen molar-refractivity contribution in [2.45, 2.75) is 25.9 Å². The lowest BCUT2D eigenvalue weighted by Crippen LogP contribution is -2.31. The van der Waals surface area contributed by atoms with Crippen molar-refractivity contribution >= 4 is 23.9 Å². The van der Waals surface area contributed by atoms with Crippen LogP contribution in [0.1, 0.15) is 17.4 Å². The molecule has 0 amide bonds. The molecule has 1 aromatic carbocycles. The Morgan fingerprint density at radius 2 is 1.90 bits per heavy atom. The second-order valence-corrected chi connectivity index (χ2v) is 6.20. The lowest BCUT2D eigenvalue weighted by molar-refractivity contribution is 0.249. The van der Waals surface area contributed by atoms with Gasteiger partial charge in [0.2, 0.25) is 0 Å². The Morgan fingerprint density at radius 1 is 1.20 bits per heavy atom. The lowest BCUT2D eigenvalue weighted by Gasteiger charge is -2.24. The molecule has 5 heteroatoms. The van der Waals surface area contributed by atoms with Gasteiger partial charge in [-0.2, -0.15) is 0 Å². The largest absolute Gasteiger partial charge is 0.488 e. The van der Waals surface area contributed by atoms with Crippen LogP contribution in [-0.4, -0.2) is 35.2 Å². The molecule has 20 heavy (non-hydrogen) atoms. The van der Waals surface area contributed by atoms with Gasteiger partial charge >= 0.3 is 7.12 Å². The van der Waals surface area contributed by atoms with Crippen molar-refractivity contribution in [3.05, 3.63) is 52.2 Å². The van der Waals surface area contributed by atoms with Gasteiger partial charge in [-0.15, -0.1) is 11.3 Å². The van der Waals surface area contributed by atoms with Gasteiger partial charge in [0.05, 0.1) is 0 Å². The van der Waals surface area contributed by atoms with Crippen molar-refractivity contribution in [2.75, 3.05) is 7.05 Å². The highest BCUT2D eigenvalue weighted by Gasteiger charge is 2.13. The molecule has 2 N–H and O–H groups in total. The van der Waals surface area contributed by atoms with Crippen LogP contribution in [0.3, 0.4) is 0 Å². The lowest BCUT2D eigenvalue weighted by atomic mass is 9.80. The topological polar surface area (TPSA) is 43.7 Å². The fraction of sp³-hybridized carbons (Fsp3) is 0.333. The maximum atomic E-state index is 9.07. The van der Waals surface area contributed by atoms with Crippen LogP contribution in [-0.2, 0) is 13.0 Å². The Kier molecular flexibility index (Phi) is 5.37. The molecule has 3 nitrogen and oxygen atoms in total. The summed E-state index contributed by atoms with van der Waals surface area (Å²) in [5.41, 5.74) is 1.71. The van der Waals surface area contributed by atoms with Crippen molar-refractivity contribution in [3.63, 3.8) is 0 Å². The van der Waals surface area contributed by atoms with E-state index in [-0.39, 0.29) is 0 Å². The quantitative estimate of drug-likeness (QED) is 0.792. The summed E-state index contributed by atoms with van der Waals surface area (Å²) in [7, 11) is 0.729. The summed E-state index contributed by atoms with van der Waals surface area (Å²) in [6, 6.07) is 12.1. The first-order valence-electron chi connectivity index (χ1n) is 6.74. The minimum absolute atomic E-state index is 0.469. The summed E-state index contributed by atoms with van der Waals surface area (Å²) in [5, 5.41) is 20.3. The molecule has 0 bridgehead atoms. The van der Waals surface area contributed by atoms with Crippen LogP contribution in [0.25, 0.3) is 0 Å². The van der Waals surface area contributed by atoms with Gasteiger partial charge in [0, 0.05) is 17.5 Å². The van der Waals surface area contributed by atoms with E-state index in [9.17, 15) is 0 Å². The van der Waals surface area contributed by atoms with Crippen molar-refractivity contribution in [2.24, 2.45) is 0 Å². The number of thiophene rings is 1. The molecule has 0 saturated heterocycles. The molecule has 0 saturated carbocycles. The van der Waals surface area contributed by atoms with E-state index in [4.69, 9.17) is 10.0 Å². The molecule has 2 aromatic rings. The molecule has 106 valence electrons. The molecular weight excluding hydrogens is 269 g/mol. The Bertz CT molecular complexity index is 513. The minimum Gasteiger partial charge on any atom is -0.423 e. The van der Waals surface area contributed by atoms with Crippen LogP contribution in [0, 0.1) is 0 Å². The van der Waals surface area contributed by atoms with Crippen molar-refractivity contribution < 1.29 is 10.0 Å². The molecule has 2 rings (SSSR count). The van der Waals surface area contributed by atoms with Gasteiger partial charge in [-0.1, -0.05) is 30.3 Å². The third-order valence-corrected chi connectivity index (χ3v) is 4.44. The number of benzene rings is 1. The van der Waals surface area contributed by atoms with Crippen LogP contribution < -0.4 is 5.46 Å². The van der Waals surface area contributed by atoms with E-state index in [1.165, 1.54) is 10.4 Å². The van der Waals surface area contributed by atoms with Crippen LogP contribution in [0.2, 0.25) is 0 Å². The zero-order valence-corrected chi connectivity index (χ0v) is 12.7. The number of nitrogens with zero attached hydrogens (tertiary/aromatic N) is 1. The van der Waals surface area contributed by atoms with E-state index in [0.717, 1.165) is 13.0 Å². The number of likely N-dealkylation sites (N-methyl/N-ethyl adjacent to an activating group) is 1. The maximum absolute atomic E-state index is 9.07. The van der Waals surface area contributed by atoms with E-state index >= 15 is 0 Å². The van der Waals surface area contributed by atoms with Crippen molar-refractivity contribution in [3.8, 4) is 0 Å². The van der Waals surface area contributed by atoms with Crippen LogP contribution in [0.15, 0.2) is 41.8 Å². The van der Waals surface area contributed by atoms with E-state index in [2.05, 4.69) is 36.4 Å². The summed E-state index contributed by atoms with van der Waals surface area (Å²) < 4.78 is 0. The van der Waals surface area contributed by atoms with E-state index in [0.29, 0.717) is 11.5 Å². The molecule has 0 radical (unpaired) electrons. The monoisotopic (exact) mass is 289 g/mol. The molecule has 0 aliphatic rings. The number of hydrogen-bond acceptors (Lipinski definition) is 4. The Hall–Kier alpha value is -1.14. The normalized spacial score (nSPS) is 12.7. The maximum Gasteiger partial charge on any atom is 0.488 e. The van der Waals surface area contributed by atoms with Gasteiger partial charge < -0.3 is 10.0 Å². The second kappa shape index (κ2) is 7.04. The van der Waals surface area contributed by atoms with Gasteiger partial charge in [-0.3, -0.25) is 4.90 Å². The molecule has 1 aromatic heterocycles. The highest BCUT2D eigenvalue weighted by atomic mass is 32.1. The molecule has 0 aliphatic carbocycles. The average Bonchev–Trinajstić information content (AvgIpc) is 2.92. The predicted molar refractivity (Wildman–Crippen MR) is 85.2 cm³/mol. The second-order valence-electron chi connectivity index (χ2n) is 5.16. The van der Waals surface area contributed by atoms with Gasteiger partial charge in [0.25, 0.3) is 0 Å². The first-order chi connectivity index (χ1) is 9.56. The molecule has 0 aliphatic heterocycles. The third-order valence-electron chi connectivity index (χ3n) is 3.54. The first-order valence-corrected chi connectivity index (χ1v) is 7.62. The van der Waals surface area contributed by atoms with Crippen LogP contribution in [0.5, 0.6) is 0 Å². The van der Waals surface area contributed by atoms with E-state index in [1.807, 2.05) is 12.1 Å². The van der Waals surface area contributed by atoms with Crippen molar-refractivity contribution in [1.82, 2.24) is 4.90 Å². The summed E-state index contributed by atoms with van der Waals surface area (Å²) in [6.07, 6.45) is 1.06. The molecule has 1 atom stereocenters. The summed E-state index contributed by atoms with van der Waals surface area (Å²) in [4.78, 5) is 3.72. The number of hydrogen-bond donors (Lipinski definition) is 2. The van der Waals surface area contributed by atoms with Crippen molar-refractivity contribution in [1.29, 1.82) is 0 Å². The smallest absolute Gasteiger partial charge is 0.423 e. The van der Waals surface area contributed by atoms with Gasteiger partial charge in [0.15, 0.2) is 0 Å². The molecule has 1 heterocycles. The summed E-state index contributed by atoms with van der Waals surface area (Å²) >= 11 is 1.80. The predicted octanol–water partition coefficient (Wildman–Crippen LogP) is 1.49. The van der Waals surface area contributed by atoms with Gasteiger partial charge in [-0.25, -0.2) is 0 Å². The highest BCUT2D eigenvalue weighted by Crippen LogP contribution is 2.15. The molecule has 1 unspecified atom stereocenters. The van der Waals surface area contributed by atoms with Gasteiger partial charge in [-0.05, 0) is 42.9 Å². The number of rotatable bonds is 6. The Labute approximate surface area is 124 Å². The Balaban J connectivity index is 1.91. The fourth-order valence-corrected chi connectivity index (χ4v) is 2.94. The van der Waals surface area contributed by atoms with E-state index in [1.54, 1.807) is 23.5 Å². The Morgan fingerprint density at radius 3 is 2.45 bits per heavy atom. The minimum atomic E-state index is -1.39. The molecule has 0 fully saturated rings. The summed E-state index contributed by atoms with van der Waals surface area (Å²) in [6.45, 7) is 3.08. The van der Waals surface area contributed by atoms with E-state index < -0.39 is 7.12 Å². The fourth-order valence-electron chi connectivity index (χ4n) is 2.11. The van der Waals surface area contributed by atoms with Crippen LogP contribution >= 0.6 is 11.3 Å². The third kappa shape index (κ3) is 4.18. The highest BCUT2D eigenvalue weighted by molar-refractivity contribution is 7.09. The average molecular weight is 289 g/mol. The first kappa shape index (κ1) is 15.3. The summed E-state index contributed by atoms with van der Waals surface area (Å²) in [5.74, 6) is 0. The SMILES string of the molecule is CC(Cc1cccs1)N(C)Cc1ccc(B(O)O)cc1.